The highest BCUT2D eigenvalue weighted by atomic mass is 16.9. The summed E-state index contributed by atoms with van der Waals surface area (Å²) < 4.78 is 0. The molecule has 0 heterocycles. The maximum atomic E-state index is 10.8. The zero-order valence-corrected chi connectivity index (χ0v) is 7.15. The van der Waals surface area contributed by atoms with Gasteiger partial charge < -0.3 is 15.9 Å². The lowest BCUT2D eigenvalue weighted by Gasteiger charge is -2.00. The lowest BCUT2D eigenvalue weighted by Crippen LogP contribution is -2.26. The van der Waals surface area contributed by atoms with E-state index in [0.717, 1.165) is 0 Å². The van der Waals surface area contributed by atoms with Gasteiger partial charge in [-0.2, -0.15) is 0 Å². The van der Waals surface area contributed by atoms with E-state index in [1.54, 1.807) is 6.92 Å². The molecule has 0 radical (unpaired) electrons. The monoisotopic (exact) mass is 189 g/mol. The van der Waals surface area contributed by atoms with Crippen LogP contribution in [0, 0.1) is 10.1 Å². The normalized spacial score (nSPS) is 10.7. The number of nitrogens with two attached hydrogens (primary N) is 1. The Kier molecular flexibility index (Phi) is 5.01. The molecule has 74 valence electrons. The molecular formula is C6H11N3O4. The first kappa shape index (κ1) is 11.2. The van der Waals surface area contributed by atoms with Gasteiger partial charge in [0.1, 0.15) is 6.61 Å². The Balaban J connectivity index is 3.49. The van der Waals surface area contributed by atoms with Crippen LogP contribution in [0.3, 0.4) is 0 Å². The molecule has 0 saturated carbocycles. The van der Waals surface area contributed by atoms with Crippen LogP contribution in [0.25, 0.3) is 0 Å². The molecule has 0 bridgehead atoms. The predicted octanol–water partition coefficient (Wildman–Crippen LogP) is -0.827. The van der Waals surface area contributed by atoms with Crippen LogP contribution in [0.5, 0.6) is 0 Å². The fourth-order valence-corrected chi connectivity index (χ4v) is 0.552. The Bertz CT molecular complexity index is 222. The maximum Gasteiger partial charge on any atom is 0.294 e. The minimum absolute atomic E-state index is 0.0730. The molecule has 0 fully saturated rings. The van der Waals surface area contributed by atoms with Crippen molar-refractivity contribution in [3.63, 3.8) is 0 Å². The van der Waals surface area contributed by atoms with Gasteiger partial charge in [-0.3, -0.25) is 4.79 Å². The molecule has 0 unspecified atom stereocenters. The number of carbonyl (C=O) groups is 1. The van der Waals surface area contributed by atoms with Crippen LogP contribution >= 0.6 is 0 Å². The van der Waals surface area contributed by atoms with Gasteiger partial charge in [0.25, 0.3) is 5.09 Å². The van der Waals surface area contributed by atoms with E-state index in [4.69, 9.17) is 5.73 Å². The van der Waals surface area contributed by atoms with Crippen molar-refractivity contribution >= 4 is 5.91 Å². The van der Waals surface area contributed by atoms with E-state index in [-0.39, 0.29) is 13.2 Å². The highest BCUT2D eigenvalue weighted by Crippen LogP contribution is 1.79. The van der Waals surface area contributed by atoms with Crippen LogP contribution in [0.15, 0.2) is 11.8 Å². The predicted molar refractivity (Wildman–Crippen MR) is 43.9 cm³/mol. The topological polar surface area (TPSA) is 107 Å². The summed E-state index contributed by atoms with van der Waals surface area (Å²) in [5.74, 6) is -0.396. The van der Waals surface area contributed by atoms with Gasteiger partial charge in [0.15, 0.2) is 0 Å². The van der Waals surface area contributed by atoms with Crippen LogP contribution in [0.1, 0.15) is 6.92 Å². The van der Waals surface area contributed by atoms with E-state index in [2.05, 4.69) is 10.2 Å². The van der Waals surface area contributed by atoms with Crippen molar-refractivity contribution in [2.75, 3.05) is 13.2 Å². The second kappa shape index (κ2) is 5.81. The third-order valence-corrected chi connectivity index (χ3v) is 0.957. The van der Waals surface area contributed by atoms with E-state index < -0.39 is 11.0 Å². The number of amides is 1. The van der Waals surface area contributed by atoms with Gasteiger partial charge in [-0.15, -0.1) is 10.1 Å². The Morgan fingerprint density at radius 1 is 1.77 bits per heavy atom. The summed E-state index contributed by atoms with van der Waals surface area (Å²) >= 11 is 0. The number of hydrogen-bond donors (Lipinski definition) is 2. The van der Waals surface area contributed by atoms with Crippen molar-refractivity contribution in [2.45, 2.75) is 6.92 Å². The highest BCUT2D eigenvalue weighted by Gasteiger charge is 1.97. The fraction of sp³-hybridized carbons (Fsp3) is 0.500. The first-order valence-electron chi connectivity index (χ1n) is 3.51. The summed E-state index contributed by atoms with van der Waals surface area (Å²) in [7, 11) is 0. The maximum absolute atomic E-state index is 10.8. The van der Waals surface area contributed by atoms with Gasteiger partial charge in [-0.1, -0.05) is 0 Å². The average Bonchev–Trinajstić information content (AvgIpc) is 1.96. The van der Waals surface area contributed by atoms with Crippen LogP contribution in [-0.4, -0.2) is 24.1 Å². The van der Waals surface area contributed by atoms with E-state index in [1.165, 1.54) is 6.08 Å². The molecule has 0 aliphatic carbocycles. The number of nitrogens with one attached hydrogen (secondary N) is 1. The molecule has 0 aromatic rings. The van der Waals surface area contributed by atoms with Crippen molar-refractivity contribution in [1.82, 2.24) is 5.32 Å². The van der Waals surface area contributed by atoms with E-state index in [9.17, 15) is 14.9 Å². The summed E-state index contributed by atoms with van der Waals surface area (Å²) in [5.41, 5.74) is 5.57. The third kappa shape index (κ3) is 8.11. The summed E-state index contributed by atoms with van der Waals surface area (Å²) in [6.07, 6.45) is 1.19. The molecule has 0 spiro atoms. The summed E-state index contributed by atoms with van der Waals surface area (Å²) in [6.45, 7) is 1.47. The lowest BCUT2D eigenvalue weighted by molar-refractivity contribution is -0.757. The molecule has 0 aliphatic heterocycles. The first-order valence-corrected chi connectivity index (χ1v) is 3.51. The van der Waals surface area contributed by atoms with Crippen LogP contribution in [0.2, 0.25) is 0 Å². The van der Waals surface area contributed by atoms with E-state index in [0.29, 0.717) is 5.70 Å². The number of nitrogens with zero attached hydrogens (tertiary/aromatic N) is 1. The van der Waals surface area contributed by atoms with Crippen molar-refractivity contribution in [3.8, 4) is 0 Å². The van der Waals surface area contributed by atoms with Crippen LogP contribution < -0.4 is 11.1 Å². The Hall–Kier alpha value is -1.79. The van der Waals surface area contributed by atoms with Crippen LogP contribution in [0.4, 0.5) is 0 Å². The highest BCUT2D eigenvalue weighted by molar-refractivity contribution is 5.87. The second-order valence-electron chi connectivity index (χ2n) is 2.24. The Morgan fingerprint density at radius 3 is 2.85 bits per heavy atom. The molecule has 0 rings (SSSR count). The minimum Gasteiger partial charge on any atom is -0.402 e. The molecule has 0 saturated heterocycles. The zero-order valence-electron chi connectivity index (χ0n) is 7.15. The summed E-state index contributed by atoms with van der Waals surface area (Å²) in [5, 5.41) is 11.1. The number of allylic oxidation sites excluding steroid dienone is 1. The standard InChI is InChI=1S/C6H11N3O4/c1-5(7)4-6(10)8-2-3-13-9(11)12/h4H,2-3,7H2,1H3,(H,8,10)/b5-4+. The quantitative estimate of drug-likeness (QED) is 0.254. The zero-order chi connectivity index (χ0) is 10.3. The third-order valence-electron chi connectivity index (χ3n) is 0.957. The van der Waals surface area contributed by atoms with Crippen molar-refractivity contribution < 1.29 is 14.7 Å². The second-order valence-corrected chi connectivity index (χ2v) is 2.24. The van der Waals surface area contributed by atoms with Gasteiger partial charge in [-0.05, 0) is 6.92 Å². The fourth-order valence-electron chi connectivity index (χ4n) is 0.552. The molecule has 0 aromatic heterocycles. The SMILES string of the molecule is C/C(N)=C\C(=O)NCCO[N+](=O)[O-]. The molecule has 0 aromatic carbocycles. The summed E-state index contributed by atoms with van der Waals surface area (Å²) in [4.78, 5) is 24.4. The smallest absolute Gasteiger partial charge is 0.294 e. The van der Waals surface area contributed by atoms with Crippen molar-refractivity contribution in [3.05, 3.63) is 21.9 Å². The van der Waals surface area contributed by atoms with Gasteiger partial charge in [0, 0.05) is 18.3 Å². The molecule has 7 heteroatoms. The molecule has 0 aliphatic rings. The van der Waals surface area contributed by atoms with E-state index in [1.807, 2.05) is 0 Å². The molecule has 1 amide bonds. The first-order chi connectivity index (χ1) is 6.02. The van der Waals surface area contributed by atoms with Gasteiger partial charge in [0.05, 0.1) is 0 Å². The van der Waals surface area contributed by atoms with E-state index >= 15 is 0 Å². The summed E-state index contributed by atoms with van der Waals surface area (Å²) in [6, 6.07) is 0. The number of carbonyl (C=O) groups excluding carboxylic acids is 1. The molecule has 0 atom stereocenters. The lowest BCUT2D eigenvalue weighted by atomic mass is 10.4. The molecule has 7 nitrogen and oxygen atoms in total. The Labute approximate surface area is 74.6 Å². The van der Waals surface area contributed by atoms with Crippen LogP contribution in [-0.2, 0) is 9.63 Å². The average molecular weight is 189 g/mol. The molecular weight excluding hydrogens is 178 g/mol. The van der Waals surface area contributed by atoms with Gasteiger partial charge in [0.2, 0.25) is 5.91 Å². The van der Waals surface area contributed by atoms with Crippen molar-refractivity contribution in [2.24, 2.45) is 5.73 Å². The Morgan fingerprint density at radius 2 is 2.38 bits per heavy atom. The minimum atomic E-state index is -0.920. The molecule has 3 N–H and O–H groups in total. The molecule has 13 heavy (non-hydrogen) atoms. The van der Waals surface area contributed by atoms with Gasteiger partial charge in [-0.25, -0.2) is 0 Å². The number of hydrogen-bond acceptors (Lipinski definition) is 5. The largest absolute Gasteiger partial charge is 0.402 e. The number of rotatable bonds is 5. The van der Waals surface area contributed by atoms with Gasteiger partial charge >= 0.3 is 0 Å². The van der Waals surface area contributed by atoms with Crippen molar-refractivity contribution in [1.29, 1.82) is 0 Å².